The summed E-state index contributed by atoms with van der Waals surface area (Å²) in [5.41, 5.74) is 1.79. The van der Waals surface area contributed by atoms with Gasteiger partial charge in [0.2, 0.25) is 0 Å². The molecule has 2 rings (SSSR count). The Hall–Kier alpha value is -0.910. The first-order valence-electron chi connectivity index (χ1n) is 5.57. The first-order valence-corrected chi connectivity index (χ1v) is 7.25. The lowest BCUT2D eigenvalue weighted by molar-refractivity contribution is 0.190. The van der Waals surface area contributed by atoms with Gasteiger partial charge in [0.15, 0.2) is 0 Å². The molecule has 0 bridgehead atoms. The minimum absolute atomic E-state index is 0.425. The van der Waals surface area contributed by atoms with Crippen LogP contribution in [0.4, 0.5) is 0 Å². The molecule has 0 unspecified atom stereocenters. The lowest BCUT2D eigenvalue weighted by Crippen LogP contribution is -2.01. The fourth-order valence-electron chi connectivity index (χ4n) is 1.59. The van der Waals surface area contributed by atoms with Gasteiger partial charge in [-0.2, -0.15) is 0 Å². The Bertz CT molecular complexity index is 540. The van der Waals surface area contributed by atoms with E-state index in [-0.39, 0.29) is 0 Å². The van der Waals surface area contributed by atoms with E-state index < -0.39 is 6.10 Å². The van der Waals surface area contributed by atoms with Gasteiger partial charge in [-0.05, 0) is 26.0 Å². The Morgan fingerprint density at radius 3 is 2.89 bits per heavy atom. The van der Waals surface area contributed by atoms with E-state index >= 15 is 0 Å². The number of aromatic nitrogens is 1. The summed E-state index contributed by atoms with van der Waals surface area (Å²) in [6.07, 6.45) is -0.550. The number of halogens is 1. The zero-order valence-corrected chi connectivity index (χ0v) is 12.6. The van der Waals surface area contributed by atoms with Crippen molar-refractivity contribution < 1.29 is 9.84 Å². The second kappa shape index (κ2) is 5.82. The average Bonchev–Trinajstić information content (AvgIpc) is 2.72. The Morgan fingerprint density at radius 2 is 2.28 bits per heavy atom. The maximum Gasteiger partial charge on any atom is 0.140 e. The van der Waals surface area contributed by atoms with Crippen LogP contribution in [-0.4, -0.2) is 10.1 Å². The standard InChI is InChI=1S/C13H14BrNO2S/c1-8-7-18-13(15-8)6-17-12-5-10(14)3-4-11(12)9(2)16/h3-5,7,9,16H,6H2,1-2H3/t9-/m0/s1. The van der Waals surface area contributed by atoms with Crippen molar-refractivity contribution in [1.82, 2.24) is 4.98 Å². The van der Waals surface area contributed by atoms with Gasteiger partial charge in [-0.3, -0.25) is 0 Å². The van der Waals surface area contributed by atoms with Gasteiger partial charge in [0.1, 0.15) is 17.4 Å². The Kier molecular flexibility index (Phi) is 4.37. The molecule has 1 heterocycles. The average molecular weight is 328 g/mol. The van der Waals surface area contributed by atoms with Crippen LogP contribution < -0.4 is 4.74 Å². The minimum atomic E-state index is -0.550. The van der Waals surface area contributed by atoms with Gasteiger partial charge < -0.3 is 9.84 Å². The van der Waals surface area contributed by atoms with Crippen molar-refractivity contribution in [3.05, 3.63) is 44.3 Å². The fourth-order valence-corrected chi connectivity index (χ4v) is 2.61. The molecule has 2 aromatic rings. The van der Waals surface area contributed by atoms with Crippen LogP contribution in [0.15, 0.2) is 28.1 Å². The van der Waals surface area contributed by atoms with Crippen LogP contribution in [0, 0.1) is 6.92 Å². The van der Waals surface area contributed by atoms with Crippen LogP contribution in [-0.2, 0) is 6.61 Å². The van der Waals surface area contributed by atoms with Crippen molar-refractivity contribution in [2.45, 2.75) is 26.6 Å². The van der Waals surface area contributed by atoms with Crippen molar-refractivity contribution in [3.63, 3.8) is 0 Å². The predicted molar refractivity (Wildman–Crippen MR) is 76.0 cm³/mol. The minimum Gasteiger partial charge on any atom is -0.486 e. The summed E-state index contributed by atoms with van der Waals surface area (Å²) in [5.74, 6) is 0.687. The molecule has 0 fully saturated rings. The van der Waals surface area contributed by atoms with E-state index in [1.807, 2.05) is 30.5 Å². The molecule has 0 aliphatic carbocycles. The predicted octanol–water partition coefficient (Wildman–Crippen LogP) is 3.85. The van der Waals surface area contributed by atoms with E-state index in [4.69, 9.17) is 4.74 Å². The number of aliphatic hydroxyl groups is 1. The number of ether oxygens (including phenoxy) is 1. The molecule has 18 heavy (non-hydrogen) atoms. The second-order valence-electron chi connectivity index (χ2n) is 4.03. The maximum atomic E-state index is 9.69. The smallest absolute Gasteiger partial charge is 0.140 e. The van der Waals surface area contributed by atoms with E-state index in [9.17, 15) is 5.11 Å². The highest BCUT2D eigenvalue weighted by Gasteiger charge is 2.10. The van der Waals surface area contributed by atoms with E-state index in [1.54, 1.807) is 18.3 Å². The molecule has 5 heteroatoms. The number of nitrogens with zero attached hydrogens (tertiary/aromatic N) is 1. The molecular formula is C13H14BrNO2S. The Balaban J connectivity index is 2.15. The molecule has 1 aromatic heterocycles. The molecule has 0 aliphatic rings. The monoisotopic (exact) mass is 327 g/mol. The molecule has 0 saturated carbocycles. The molecule has 0 radical (unpaired) electrons. The van der Waals surface area contributed by atoms with Gasteiger partial charge in [-0.25, -0.2) is 4.98 Å². The van der Waals surface area contributed by atoms with E-state index in [0.29, 0.717) is 12.4 Å². The largest absolute Gasteiger partial charge is 0.486 e. The zero-order chi connectivity index (χ0) is 13.1. The van der Waals surface area contributed by atoms with Gasteiger partial charge in [-0.15, -0.1) is 11.3 Å². The molecule has 0 aliphatic heterocycles. The van der Waals surface area contributed by atoms with Crippen LogP contribution in [0.1, 0.15) is 29.3 Å². The molecule has 0 spiro atoms. The summed E-state index contributed by atoms with van der Waals surface area (Å²) in [6.45, 7) is 4.11. The third-order valence-corrected chi connectivity index (χ3v) is 3.88. The molecule has 1 N–H and O–H groups in total. The third kappa shape index (κ3) is 3.31. The fraction of sp³-hybridized carbons (Fsp3) is 0.308. The van der Waals surface area contributed by atoms with Gasteiger partial charge in [-0.1, -0.05) is 22.0 Å². The van der Waals surface area contributed by atoms with E-state index in [2.05, 4.69) is 20.9 Å². The molecule has 3 nitrogen and oxygen atoms in total. The van der Waals surface area contributed by atoms with Crippen molar-refractivity contribution in [2.75, 3.05) is 0 Å². The summed E-state index contributed by atoms with van der Waals surface area (Å²) < 4.78 is 6.66. The first-order chi connectivity index (χ1) is 8.56. The van der Waals surface area contributed by atoms with Crippen molar-refractivity contribution in [1.29, 1.82) is 0 Å². The van der Waals surface area contributed by atoms with Gasteiger partial charge in [0, 0.05) is 21.1 Å². The highest BCUT2D eigenvalue weighted by Crippen LogP contribution is 2.29. The van der Waals surface area contributed by atoms with Crippen molar-refractivity contribution in [3.8, 4) is 5.75 Å². The summed E-state index contributed by atoms with van der Waals surface area (Å²) in [4.78, 5) is 4.34. The van der Waals surface area contributed by atoms with Crippen molar-refractivity contribution >= 4 is 27.3 Å². The number of aliphatic hydroxyl groups excluding tert-OH is 1. The molecule has 1 atom stereocenters. The number of rotatable bonds is 4. The summed E-state index contributed by atoms with van der Waals surface area (Å²) >= 11 is 4.98. The first kappa shape index (κ1) is 13.5. The highest BCUT2D eigenvalue weighted by molar-refractivity contribution is 9.10. The zero-order valence-electron chi connectivity index (χ0n) is 10.2. The molecule has 0 saturated heterocycles. The number of thiazole rings is 1. The number of hydrogen-bond acceptors (Lipinski definition) is 4. The lowest BCUT2D eigenvalue weighted by Gasteiger charge is -2.13. The summed E-state index contributed by atoms with van der Waals surface area (Å²) in [5, 5.41) is 12.6. The summed E-state index contributed by atoms with van der Waals surface area (Å²) in [6, 6.07) is 5.61. The summed E-state index contributed by atoms with van der Waals surface area (Å²) in [7, 11) is 0. The lowest BCUT2D eigenvalue weighted by atomic mass is 10.1. The van der Waals surface area contributed by atoms with E-state index in [1.165, 1.54) is 0 Å². The molecule has 96 valence electrons. The Morgan fingerprint density at radius 1 is 1.50 bits per heavy atom. The maximum absolute atomic E-state index is 9.69. The van der Waals surface area contributed by atoms with Gasteiger partial charge in [0.25, 0.3) is 0 Å². The van der Waals surface area contributed by atoms with Crippen LogP contribution in [0.2, 0.25) is 0 Å². The topological polar surface area (TPSA) is 42.4 Å². The normalized spacial score (nSPS) is 12.4. The van der Waals surface area contributed by atoms with E-state index in [0.717, 1.165) is 20.7 Å². The van der Waals surface area contributed by atoms with Crippen LogP contribution in [0.3, 0.4) is 0 Å². The number of aryl methyl sites for hydroxylation is 1. The van der Waals surface area contributed by atoms with Crippen molar-refractivity contribution in [2.24, 2.45) is 0 Å². The number of benzene rings is 1. The van der Waals surface area contributed by atoms with Gasteiger partial charge >= 0.3 is 0 Å². The molecule has 0 amide bonds. The van der Waals surface area contributed by atoms with Crippen LogP contribution in [0.25, 0.3) is 0 Å². The molecular weight excluding hydrogens is 314 g/mol. The molecule has 1 aromatic carbocycles. The highest BCUT2D eigenvalue weighted by atomic mass is 79.9. The Labute approximate surface area is 119 Å². The van der Waals surface area contributed by atoms with Crippen LogP contribution in [0.5, 0.6) is 5.75 Å². The quantitative estimate of drug-likeness (QED) is 0.927. The SMILES string of the molecule is Cc1csc(COc2cc(Br)ccc2[C@H](C)O)n1. The van der Waals surface area contributed by atoms with Gasteiger partial charge in [0.05, 0.1) is 6.10 Å². The second-order valence-corrected chi connectivity index (χ2v) is 5.89. The van der Waals surface area contributed by atoms with Crippen LogP contribution >= 0.6 is 27.3 Å². The number of hydrogen-bond donors (Lipinski definition) is 1. The third-order valence-electron chi connectivity index (χ3n) is 2.44.